The van der Waals surface area contributed by atoms with E-state index >= 15 is 0 Å². The minimum Gasteiger partial charge on any atom is -0.389 e. The molecule has 2 aromatic rings. The lowest BCUT2D eigenvalue weighted by atomic mass is 9.71. The summed E-state index contributed by atoms with van der Waals surface area (Å²) in [4.78, 5) is 14.9. The first kappa shape index (κ1) is 14.8. The number of aliphatic hydroxyl groups is 1. The number of aromatic nitrogens is 1. The van der Waals surface area contributed by atoms with Crippen molar-refractivity contribution in [1.82, 2.24) is 9.47 Å². The highest BCUT2D eigenvalue weighted by Crippen LogP contribution is 2.40. The molecule has 1 aliphatic carbocycles. The van der Waals surface area contributed by atoms with Crippen LogP contribution in [0, 0.1) is 5.92 Å². The van der Waals surface area contributed by atoms with Crippen molar-refractivity contribution in [3.63, 3.8) is 0 Å². The Hall–Kier alpha value is -1.81. The molecule has 0 radical (unpaired) electrons. The van der Waals surface area contributed by atoms with Gasteiger partial charge in [0.1, 0.15) is 5.69 Å². The average molecular weight is 312 g/mol. The number of rotatable bonds is 1. The number of piperidine rings is 1. The van der Waals surface area contributed by atoms with Gasteiger partial charge in [-0.05, 0) is 31.4 Å². The van der Waals surface area contributed by atoms with Crippen molar-refractivity contribution in [2.75, 3.05) is 13.1 Å². The fourth-order valence-corrected chi connectivity index (χ4v) is 4.41. The van der Waals surface area contributed by atoms with Crippen LogP contribution in [-0.4, -0.2) is 39.2 Å². The average Bonchev–Trinajstić information content (AvgIpc) is 2.91. The molecule has 1 N–H and O–H groups in total. The van der Waals surface area contributed by atoms with Crippen molar-refractivity contribution in [3.8, 4) is 0 Å². The Balaban J connectivity index is 1.60. The predicted molar refractivity (Wildman–Crippen MR) is 90.3 cm³/mol. The first-order valence-corrected chi connectivity index (χ1v) is 8.65. The van der Waals surface area contributed by atoms with Gasteiger partial charge in [0.25, 0.3) is 5.91 Å². The van der Waals surface area contributed by atoms with E-state index in [1.54, 1.807) is 0 Å². The van der Waals surface area contributed by atoms with Crippen LogP contribution >= 0.6 is 0 Å². The Morgan fingerprint density at radius 1 is 1.26 bits per heavy atom. The summed E-state index contributed by atoms with van der Waals surface area (Å²) in [5.41, 5.74) is 1.29. The minimum atomic E-state index is -0.534. The van der Waals surface area contributed by atoms with Gasteiger partial charge in [0.15, 0.2) is 0 Å². The van der Waals surface area contributed by atoms with Gasteiger partial charge in [-0.1, -0.05) is 31.0 Å². The monoisotopic (exact) mass is 312 g/mol. The van der Waals surface area contributed by atoms with Gasteiger partial charge in [0.2, 0.25) is 0 Å². The molecule has 0 bridgehead atoms. The van der Waals surface area contributed by atoms with Gasteiger partial charge in [-0.3, -0.25) is 4.79 Å². The SMILES string of the molecule is Cn1c(C(=O)N2CC[C@@]3(O)CCCC[C@H]3C2)cc2ccccc21. The number of fused-ring (bicyclic) bond motifs is 2. The van der Waals surface area contributed by atoms with Gasteiger partial charge in [-0.25, -0.2) is 0 Å². The van der Waals surface area contributed by atoms with Crippen molar-refractivity contribution < 1.29 is 9.90 Å². The van der Waals surface area contributed by atoms with E-state index in [0.717, 1.165) is 35.9 Å². The van der Waals surface area contributed by atoms with E-state index in [2.05, 4.69) is 0 Å². The second kappa shape index (κ2) is 5.38. The number of likely N-dealkylation sites (tertiary alicyclic amines) is 1. The fraction of sp³-hybridized carbons (Fsp3) is 0.526. The second-order valence-electron chi connectivity index (χ2n) is 7.19. The van der Waals surface area contributed by atoms with Gasteiger partial charge in [0, 0.05) is 37.0 Å². The fourth-order valence-electron chi connectivity index (χ4n) is 4.41. The Bertz CT molecular complexity index is 751. The molecule has 2 heterocycles. The third-order valence-electron chi connectivity index (χ3n) is 5.89. The Kier molecular flexibility index (Phi) is 3.45. The van der Waals surface area contributed by atoms with Crippen LogP contribution in [0.1, 0.15) is 42.6 Å². The molecule has 4 nitrogen and oxygen atoms in total. The van der Waals surface area contributed by atoms with Crippen molar-refractivity contribution in [1.29, 1.82) is 0 Å². The van der Waals surface area contributed by atoms with Crippen LogP contribution in [0.25, 0.3) is 10.9 Å². The molecule has 1 aliphatic heterocycles. The standard InChI is InChI=1S/C19H24N2O2/c1-20-16-8-3-2-6-14(16)12-17(20)18(22)21-11-10-19(23)9-5-4-7-15(19)13-21/h2-3,6,8,12,15,23H,4-5,7,9-11,13H2,1H3/t15-,19-/m0/s1. The number of aryl methyl sites for hydroxylation is 1. The molecule has 122 valence electrons. The molecule has 2 aliphatic rings. The zero-order valence-electron chi connectivity index (χ0n) is 13.7. The highest BCUT2D eigenvalue weighted by atomic mass is 16.3. The van der Waals surface area contributed by atoms with Gasteiger partial charge >= 0.3 is 0 Å². The minimum absolute atomic E-state index is 0.0938. The van der Waals surface area contributed by atoms with Crippen LogP contribution in [0.3, 0.4) is 0 Å². The molecule has 4 rings (SSSR count). The number of hydrogen-bond donors (Lipinski definition) is 1. The smallest absolute Gasteiger partial charge is 0.270 e. The summed E-state index contributed by atoms with van der Waals surface area (Å²) in [6.45, 7) is 1.35. The van der Waals surface area contributed by atoms with Gasteiger partial charge in [-0.15, -0.1) is 0 Å². The topological polar surface area (TPSA) is 45.5 Å². The Labute approximate surface area is 136 Å². The molecule has 0 spiro atoms. The highest BCUT2D eigenvalue weighted by Gasteiger charge is 2.44. The number of para-hydroxylation sites is 1. The lowest BCUT2D eigenvalue weighted by molar-refractivity contribution is -0.0887. The third kappa shape index (κ3) is 2.36. The van der Waals surface area contributed by atoms with Crippen LogP contribution < -0.4 is 0 Å². The summed E-state index contributed by atoms with van der Waals surface area (Å²) >= 11 is 0. The molecule has 2 atom stereocenters. The highest BCUT2D eigenvalue weighted by molar-refractivity contribution is 5.98. The molecule has 23 heavy (non-hydrogen) atoms. The van der Waals surface area contributed by atoms with E-state index in [1.807, 2.05) is 46.8 Å². The summed E-state index contributed by atoms with van der Waals surface area (Å²) in [6, 6.07) is 10.1. The second-order valence-corrected chi connectivity index (χ2v) is 7.19. The van der Waals surface area contributed by atoms with Crippen LogP contribution in [0.2, 0.25) is 0 Å². The van der Waals surface area contributed by atoms with Crippen molar-refractivity contribution in [2.24, 2.45) is 13.0 Å². The number of benzene rings is 1. The number of nitrogens with zero attached hydrogens (tertiary/aromatic N) is 2. The molecule has 2 fully saturated rings. The summed E-state index contributed by atoms with van der Waals surface area (Å²) < 4.78 is 1.99. The first-order valence-electron chi connectivity index (χ1n) is 8.65. The zero-order valence-corrected chi connectivity index (χ0v) is 13.7. The number of amides is 1. The Morgan fingerprint density at radius 2 is 2.09 bits per heavy atom. The van der Waals surface area contributed by atoms with Gasteiger partial charge < -0.3 is 14.6 Å². The molecular formula is C19H24N2O2. The van der Waals surface area contributed by atoms with Crippen LogP contribution in [0.15, 0.2) is 30.3 Å². The molecule has 1 aromatic heterocycles. The molecular weight excluding hydrogens is 288 g/mol. The predicted octanol–water partition coefficient (Wildman–Crippen LogP) is 2.95. The number of carbonyl (C=O) groups is 1. The van der Waals surface area contributed by atoms with Crippen molar-refractivity contribution in [2.45, 2.75) is 37.7 Å². The van der Waals surface area contributed by atoms with Gasteiger partial charge in [-0.2, -0.15) is 0 Å². The Morgan fingerprint density at radius 3 is 2.91 bits per heavy atom. The third-order valence-corrected chi connectivity index (χ3v) is 5.89. The molecule has 1 saturated heterocycles. The summed E-state index contributed by atoms with van der Waals surface area (Å²) in [7, 11) is 1.95. The van der Waals surface area contributed by atoms with E-state index in [9.17, 15) is 9.90 Å². The quantitative estimate of drug-likeness (QED) is 0.880. The van der Waals surface area contributed by atoms with Crippen LogP contribution in [0.4, 0.5) is 0 Å². The summed E-state index contributed by atoms with van der Waals surface area (Å²) in [6.07, 6.45) is 4.93. The molecule has 0 unspecified atom stereocenters. The lowest BCUT2D eigenvalue weighted by Gasteiger charge is -2.47. The maximum Gasteiger partial charge on any atom is 0.270 e. The first-order chi connectivity index (χ1) is 11.1. The lowest BCUT2D eigenvalue weighted by Crippen LogP contribution is -2.54. The van der Waals surface area contributed by atoms with E-state index in [1.165, 1.54) is 6.42 Å². The maximum absolute atomic E-state index is 13.0. The van der Waals surface area contributed by atoms with E-state index in [-0.39, 0.29) is 11.8 Å². The molecule has 4 heteroatoms. The van der Waals surface area contributed by atoms with Gasteiger partial charge in [0.05, 0.1) is 5.60 Å². The molecule has 1 aromatic carbocycles. The van der Waals surface area contributed by atoms with Crippen molar-refractivity contribution in [3.05, 3.63) is 36.0 Å². The number of hydrogen-bond acceptors (Lipinski definition) is 2. The molecule has 1 saturated carbocycles. The largest absolute Gasteiger partial charge is 0.389 e. The maximum atomic E-state index is 13.0. The van der Waals surface area contributed by atoms with Crippen LogP contribution in [0.5, 0.6) is 0 Å². The number of carbonyl (C=O) groups excluding carboxylic acids is 1. The summed E-state index contributed by atoms with van der Waals surface area (Å²) in [5.74, 6) is 0.333. The summed E-state index contributed by atoms with van der Waals surface area (Å²) in [5, 5.41) is 11.9. The zero-order chi connectivity index (χ0) is 16.0. The van der Waals surface area contributed by atoms with E-state index < -0.39 is 5.60 Å². The normalized spacial score (nSPS) is 27.9. The van der Waals surface area contributed by atoms with E-state index in [0.29, 0.717) is 19.5 Å². The molecule has 1 amide bonds. The van der Waals surface area contributed by atoms with Crippen LogP contribution in [-0.2, 0) is 7.05 Å². The van der Waals surface area contributed by atoms with Crippen molar-refractivity contribution >= 4 is 16.8 Å². The van der Waals surface area contributed by atoms with E-state index in [4.69, 9.17) is 0 Å².